The van der Waals surface area contributed by atoms with E-state index in [0.29, 0.717) is 0 Å². The first-order chi connectivity index (χ1) is 19.8. The molecule has 4 aromatic carbocycles. The number of aromatic hydroxyl groups is 1. The number of rotatable bonds is 8. The van der Waals surface area contributed by atoms with Crippen LogP contribution in [0.25, 0.3) is 10.8 Å². The summed E-state index contributed by atoms with van der Waals surface area (Å²) in [4.78, 5) is -3.25. The molecule has 5 N–H and O–H groups in total. The Bertz CT molecular complexity index is 2290. The third-order valence-corrected chi connectivity index (χ3v) is 9.00. The van der Waals surface area contributed by atoms with E-state index in [4.69, 9.17) is 4.55 Å². The highest BCUT2D eigenvalue weighted by atomic mass is 32.2. The molecule has 0 aliphatic heterocycles. The SMILES string of the molecule is O=S(=O)(O)c1ccc(N=Nc2ccc(N=Nc3c(S(=O)(=O)O)cc4cccc(S(=O)(=O)O)c4c3O)c(S(=O)(=O)O)c2)cc1. The number of hydrogen-bond donors (Lipinski definition) is 5. The van der Waals surface area contributed by atoms with Crippen molar-refractivity contribution >= 4 is 74.0 Å². The lowest BCUT2D eigenvalue weighted by atomic mass is 10.1. The lowest BCUT2D eigenvalue weighted by Crippen LogP contribution is -2.02. The van der Waals surface area contributed by atoms with Crippen molar-refractivity contribution in [3.63, 3.8) is 0 Å². The van der Waals surface area contributed by atoms with Crippen LogP contribution in [-0.2, 0) is 40.5 Å². The maximum atomic E-state index is 12.1. The van der Waals surface area contributed by atoms with E-state index >= 15 is 0 Å². The average Bonchev–Trinajstić information content (AvgIpc) is 2.89. The Hall–Kier alpha value is -4.22. The number of fused-ring (bicyclic) bond motifs is 1. The summed E-state index contributed by atoms with van der Waals surface area (Å²) in [6, 6.07) is 11.1. The maximum Gasteiger partial charge on any atom is 0.296 e. The zero-order valence-electron chi connectivity index (χ0n) is 20.8. The summed E-state index contributed by atoms with van der Waals surface area (Å²) in [5.74, 6) is -1.17. The highest BCUT2D eigenvalue weighted by Crippen LogP contribution is 2.44. The predicted octanol–water partition coefficient (Wildman–Crippen LogP) is 4.36. The lowest BCUT2D eigenvalue weighted by molar-refractivity contribution is 0.469. The summed E-state index contributed by atoms with van der Waals surface area (Å²) in [7, 11) is -19.6. The van der Waals surface area contributed by atoms with Gasteiger partial charge in [0.25, 0.3) is 40.5 Å². The summed E-state index contributed by atoms with van der Waals surface area (Å²) in [6.45, 7) is 0. The molecule has 43 heavy (non-hydrogen) atoms. The molecule has 0 saturated heterocycles. The summed E-state index contributed by atoms with van der Waals surface area (Å²) in [5.41, 5.74) is -1.78. The average molecular weight is 673 g/mol. The minimum absolute atomic E-state index is 0.0818. The van der Waals surface area contributed by atoms with Crippen molar-refractivity contribution in [2.45, 2.75) is 19.6 Å². The van der Waals surface area contributed by atoms with Crippen LogP contribution in [0.5, 0.6) is 5.75 Å². The quantitative estimate of drug-likeness (QED) is 0.129. The van der Waals surface area contributed by atoms with Gasteiger partial charge in [0, 0.05) is 5.39 Å². The monoisotopic (exact) mass is 672 g/mol. The Morgan fingerprint density at radius 2 is 1.07 bits per heavy atom. The van der Waals surface area contributed by atoms with Gasteiger partial charge in [-0.15, -0.1) is 10.2 Å². The fourth-order valence-electron chi connectivity index (χ4n) is 3.63. The van der Waals surface area contributed by atoms with Crippen LogP contribution in [0, 0.1) is 0 Å². The number of benzene rings is 4. The Morgan fingerprint density at radius 1 is 0.512 bits per heavy atom. The summed E-state index contributed by atoms with van der Waals surface area (Å²) >= 11 is 0. The van der Waals surface area contributed by atoms with Gasteiger partial charge in [-0.05, 0) is 60.0 Å². The number of hydrogen-bond acceptors (Lipinski definition) is 13. The Morgan fingerprint density at radius 3 is 1.63 bits per heavy atom. The molecule has 0 aliphatic rings. The Kier molecular flexibility index (Phi) is 8.20. The van der Waals surface area contributed by atoms with E-state index in [1.54, 1.807) is 0 Å². The minimum atomic E-state index is -5.16. The van der Waals surface area contributed by atoms with Gasteiger partial charge in [-0.1, -0.05) is 12.1 Å². The third kappa shape index (κ3) is 7.06. The smallest absolute Gasteiger partial charge is 0.296 e. The first-order valence-corrected chi connectivity index (χ1v) is 16.8. The first kappa shape index (κ1) is 31.7. The molecule has 4 rings (SSSR count). The molecule has 21 heteroatoms. The topological polar surface area (TPSA) is 287 Å². The van der Waals surface area contributed by atoms with Gasteiger partial charge in [0.2, 0.25) is 0 Å². The standard InChI is InChI=1S/C22H16N4O13S4/c27-22-20-12(2-1-3-17(20)41(31,32)33)10-19(43(37,38)39)21(22)26-25-16-9-6-14(11-18(16)42(34,35)36)24-23-13-4-7-15(8-5-13)40(28,29)30/h1-11,27H,(H,28,29,30)(H,31,32,33)(H,34,35,36)(H,37,38,39). The molecule has 0 bridgehead atoms. The molecule has 226 valence electrons. The Balaban J connectivity index is 1.83. The van der Waals surface area contributed by atoms with Gasteiger partial charge in [0.1, 0.15) is 26.1 Å². The molecule has 4 aromatic rings. The fraction of sp³-hybridized carbons (Fsp3) is 0. The molecule has 0 radical (unpaired) electrons. The van der Waals surface area contributed by atoms with Crippen LogP contribution >= 0.6 is 0 Å². The van der Waals surface area contributed by atoms with E-state index in [-0.39, 0.29) is 16.8 Å². The van der Waals surface area contributed by atoms with E-state index in [9.17, 15) is 52.4 Å². The number of azo groups is 2. The molecular formula is C22H16N4O13S4. The molecule has 0 saturated carbocycles. The molecule has 0 amide bonds. The second-order valence-corrected chi connectivity index (χ2v) is 14.0. The molecular weight excluding hydrogens is 657 g/mol. The van der Waals surface area contributed by atoms with Gasteiger partial charge in [-0.2, -0.15) is 43.9 Å². The second kappa shape index (κ2) is 11.1. The summed E-state index contributed by atoms with van der Waals surface area (Å²) in [6.07, 6.45) is 0. The van der Waals surface area contributed by atoms with E-state index in [2.05, 4.69) is 20.5 Å². The number of phenolic OH excluding ortho intramolecular Hbond substituents is 1. The molecule has 0 heterocycles. The van der Waals surface area contributed by atoms with E-state index in [1.165, 1.54) is 12.1 Å². The van der Waals surface area contributed by atoms with Crippen LogP contribution in [0.3, 0.4) is 0 Å². The molecule has 0 unspecified atom stereocenters. The molecule has 17 nitrogen and oxygen atoms in total. The molecule has 0 fully saturated rings. The maximum absolute atomic E-state index is 12.1. The zero-order chi connectivity index (χ0) is 32.0. The van der Waals surface area contributed by atoms with Crippen LogP contribution in [0.15, 0.2) is 107 Å². The summed E-state index contributed by atoms with van der Waals surface area (Å²) in [5, 5.41) is 24.5. The van der Waals surface area contributed by atoms with E-state index in [0.717, 1.165) is 54.6 Å². The molecule has 0 aliphatic carbocycles. The van der Waals surface area contributed by atoms with Gasteiger partial charge in [0.05, 0.1) is 16.3 Å². The van der Waals surface area contributed by atoms with Crippen LogP contribution < -0.4 is 0 Å². The van der Waals surface area contributed by atoms with Gasteiger partial charge >= 0.3 is 0 Å². The van der Waals surface area contributed by atoms with Gasteiger partial charge in [-0.3, -0.25) is 18.2 Å². The summed E-state index contributed by atoms with van der Waals surface area (Å²) < 4.78 is 132. The van der Waals surface area contributed by atoms with Crippen LogP contribution in [0.4, 0.5) is 22.7 Å². The van der Waals surface area contributed by atoms with Crippen molar-refractivity contribution in [1.82, 2.24) is 0 Å². The first-order valence-electron chi connectivity index (χ1n) is 11.0. The normalized spacial score (nSPS) is 13.3. The number of nitrogens with zero attached hydrogens (tertiary/aromatic N) is 4. The minimum Gasteiger partial charge on any atom is -0.505 e. The predicted molar refractivity (Wildman–Crippen MR) is 146 cm³/mol. The van der Waals surface area contributed by atoms with Crippen LogP contribution in [0.2, 0.25) is 0 Å². The van der Waals surface area contributed by atoms with Gasteiger partial charge in [-0.25, -0.2) is 0 Å². The van der Waals surface area contributed by atoms with E-state index < -0.39 is 82.6 Å². The van der Waals surface area contributed by atoms with Crippen LogP contribution in [-0.4, -0.2) is 57.0 Å². The molecule has 0 atom stereocenters. The third-order valence-electron chi connectivity index (χ3n) is 5.49. The lowest BCUT2D eigenvalue weighted by Gasteiger charge is -2.11. The van der Waals surface area contributed by atoms with Gasteiger partial charge < -0.3 is 5.11 Å². The van der Waals surface area contributed by atoms with Gasteiger partial charge in [0.15, 0.2) is 5.75 Å². The Labute approximate surface area is 242 Å². The second-order valence-electron chi connectivity index (χ2n) is 8.37. The zero-order valence-corrected chi connectivity index (χ0v) is 24.0. The van der Waals surface area contributed by atoms with Crippen molar-refractivity contribution in [2.75, 3.05) is 0 Å². The van der Waals surface area contributed by atoms with E-state index in [1.807, 2.05) is 0 Å². The van der Waals surface area contributed by atoms with Crippen molar-refractivity contribution in [1.29, 1.82) is 0 Å². The van der Waals surface area contributed by atoms with Crippen molar-refractivity contribution in [2.24, 2.45) is 20.5 Å². The number of phenols is 1. The van der Waals surface area contributed by atoms with Crippen molar-refractivity contribution < 1.29 is 57.0 Å². The van der Waals surface area contributed by atoms with Crippen molar-refractivity contribution in [3.8, 4) is 5.75 Å². The highest BCUT2D eigenvalue weighted by Gasteiger charge is 2.26. The highest BCUT2D eigenvalue weighted by molar-refractivity contribution is 7.86. The van der Waals surface area contributed by atoms with Crippen molar-refractivity contribution in [3.05, 3.63) is 66.7 Å². The molecule has 0 aromatic heterocycles. The van der Waals surface area contributed by atoms with Crippen LogP contribution in [0.1, 0.15) is 0 Å². The largest absolute Gasteiger partial charge is 0.505 e. The molecule has 0 spiro atoms. The fourth-order valence-corrected chi connectivity index (χ4v) is 6.14.